The standard InChI is InChI=1S/C18H18N2O3S/c21-14-6-3-5-13(10-14)19-17(22)11-24-16-9-8-12-4-1-2-7-15(12)20-18(16)23/h1-7,10,16,21H,8-9,11H2,(H,19,22)(H,20,23). The van der Waals surface area contributed by atoms with E-state index in [1.807, 2.05) is 24.3 Å². The number of hydrogen-bond acceptors (Lipinski definition) is 4. The monoisotopic (exact) mass is 342 g/mol. The first-order valence-corrected chi connectivity index (χ1v) is 8.76. The van der Waals surface area contributed by atoms with Crippen molar-refractivity contribution >= 4 is 35.0 Å². The summed E-state index contributed by atoms with van der Waals surface area (Å²) < 4.78 is 0. The summed E-state index contributed by atoms with van der Waals surface area (Å²) in [5.74, 6) is 0.0287. The van der Waals surface area contributed by atoms with Crippen LogP contribution in [0.3, 0.4) is 0 Å². The number of hydrogen-bond donors (Lipinski definition) is 3. The van der Waals surface area contributed by atoms with Gasteiger partial charge in [-0.1, -0.05) is 24.3 Å². The van der Waals surface area contributed by atoms with Crippen LogP contribution >= 0.6 is 11.8 Å². The Morgan fingerprint density at radius 3 is 2.92 bits per heavy atom. The molecule has 1 aliphatic heterocycles. The highest BCUT2D eigenvalue weighted by Crippen LogP contribution is 2.27. The Kier molecular flexibility index (Phi) is 5.05. The molecule has 2 amide bonds. The van der Waals surface area contributed by atoms with Gasteiger partial charge in [0.25, 0.3) is 0 Å². The van der Waals surface area contributed by atoms with Gasteiger partial charge in [-0.2, -0.15) is 0 Å². The number of phenolic OH excluding ortho intramolecular Hbond substituents is 1. The molecule has 0 saturated carbocycles. The molecule has 0 aromatic heterocycles. The molecule has 2 aromatic rings. The Bertz CT molecular complexity index is 763. The highest BCUT2D eigenvalue weighted by Gasteiger charge is 2.24. The number of aromatic hydroxyl groups is 1. The number of thioether (sulfide) groups is 1. The molecular formula is C18H18N2O3S. The molecule has 1 heterocycles. The summed E-state index contributed by atoms with van der Waals surface area (Å²) in [6, 6.07) is 14.2. The largest absolute Gasteiger partial charge is 0.508 e. The maximum atomic E-state index is 12.3. The first kappa shape index (κ1) is 16.4. The molecule has 0 bridgehead atoms. The molecule has 124 valence electrons. The third-order valence-electron chi connectivity index (χ3n) is 3.79. The molecule has 5 nitrogen and oxygen atoms in total. The third-order valence-corrected chi connectivity index (χ3v) is 5.07. The van der Waals surface area contributed by atoms with Crippen molar-refractivity contribution in [3.63, 3.8) is 0 Å². The topological polar surface area (TPSA) is 78.4 Å². The molecule has 1 atom stereocenters. The van der Waals surface area contributed by atoms with Crippen molar-refractivity contribution in [1.82, 2.24) is 0 Å². The van der Waals surface area contributed by atoms with Crippen LogP contribution in [0, 0.1) is 0 Å². The molecule has 1 aliphatic rings. The van der Waals surface area contributed by atoms with Crippen LogP contribution in [-0.2, 0) is 16.0 Å². The Labute approximate surface area is 144 Å². The number of para-hydroxylation sites is 1. The van der Waals surface area contributed by atoms with E-state index in [1.165, 1.54) is 23.9 Å². The number of fused-ring (bicyclic) bond motifs is 1. The fraction of sp³-hybridized carbons (Fsp3) is 0.222. The van der Waals surface area contributed by atoms with Crippen LogP contribution in [0.4, 0.5) is 11.4 Å². The van der Waals surface area contributed by atoms with Crippen LogP contribution in [0.1, 0.15) is 12.0 Å². The number of amides is 2. The third kappa shape index (κ3) is 4.08. The fourth-order valence-corrected chi connectivity index (χ4v) is 3.53. The van der Waals surface area contributed by atoms with Crippen molar-refractivity contribution in [3.8, 4) is 5.75 Å². The summed E-state index contributed by atoms with van der Waals surface area (Å²) in [6.07, 6.45) is 1.51. The molecule has 0 saturated heterocycles. The summed E-state index contributed by atoms with van der Waals surface area (Å²) in [7, 11) is 0. The van der Waals surface area contributed by atoms with Gasteiger partial charge in [0.05, 0.1) is 11.0 Å². The van der Waals surface area contributed by atoms with E-state index in [-0.39, 0.29) is 28.6 Å². The maximum Gasteiger partial charge on any atom is 0.237 e. The lowest BCUT2D eigenvalue weighted by Gasteiger charge is -2.12. The lowest BCUT2D eigenvalue weighted by atomic mass is 10.1. The van der Waals surface area contributed by atoms with E-state index in [9.17, 15) is 14.7 Å². The van der Waals surface area contributed by atoms with Crippen LogP contribution < -0.4 is 10.6 Å². The lowest BCUT2D eigenvalue weighted by molar-refractivity contribution is -0.115. The molecule has 2 aromatic carbocycles. The van der Waals surface area contributed by atoms with Gasteiger partial charge in [-0.3, -0.25) is 9.59 Å². The molecule has 0 aliphatic carbocycles. The average molecular weight is 342 g/mol. The minimum absolute atomic E-state index is 0.0601. The number of carbonyl (C=O) groups is 2. The summed E-state index contributed by atoms with van der Waals surface area (Å²) >= 11 is 1.33. The number of anilines is 2. The average Bonchev–Trinajstić information content (AvgIpc) is 2.71. The smallest absolute Gasteiger partial charge is 0.237 e. The molecule has 3 N–H and O–H groups in total. The normalized spacial score (nSPS) is 16.7. The molecule has 0 radical (unpaired) electrons. The second-order valence-electron chi connectivity index (χ2n) is 5.58. The predicted octanol–water partition coefficient (Wildman–Crippen LogP) is 3.02. The van der Waals surface area contributed by atoms with E-state index >= 15 is 0 Å². The number of aryl methyl sites for hydroxylation is 1. The number of rotatable bonds is 4. The van der Waals surface area contributed by atoms with Crippen LogP contribution in [0.25, 0.3) is 0 Å². The Morgan fingerprint density at radius 1 is 1.25 bits per heavy atom. The number of benzene rings is 2. The minimum Gasteiger partial charge on any atom is -0.508 e. The predicted molar refractivity (Wildman–Crippen MR) is 96.4 cm³/mol. The summed E-state index contributed by atoms with van der Waals surface area (Å²) in [4.78, 5) is 24.3. The summed E-state index contributed by atoms with van der Waals surface area (Å²) in [6.45, 7) is 0. The fourth-order valence-electron chi connectivity index (χ4n) is 2.61. The molecule has 0 fully saturated rings. The molecule has 3 rings (SSSR count). The lowest BCUT2D eigenvalue weighted by Crippen LogP contribution is -2.26. The highest BCUT2D eigenvalue weighted by molar-refractivity contribution is 8.01. The molecule has 24 heavy (non-hydrogen) atoms. The van der Waals surface area contributed by atoms with Gasteiger partial charge in [-0.05, 0) is 36.6 Å². The van der Waals surface area contributed by atoms with Crippen LogP contribution in [0.15, 0.2) is 48.5 Å². The van der Waals surface area contributed by atoms with Crippen molar-refractivity contribution in [2.24, 2.45) is 0 Å². The minimum atomic E-state index is -0.257. The van der Waals surface area contributed by atoms with Gasteiger partial charge in [0.1, 0.15) is 5.75 Å². The zero-order valence-corrected chi connectivity index (χ0v) is 13.8. The van der Waals surface area contributed by atoms with Crippen molar-refractivity contribution in [2.75, 3.05) is 16.4 Å². The number of phenols is 1. The maximum absolute atomic E-state index is 12.3. The van der Waals surface area contributed by atoms with E-state index in [1.54, 1.807) is 12.1 Å². The van der Waals surface area contributed by atoms with E-state index in [2.05, 4.69) is 10.6 Å². The van der Waals surface area contributed by atoms with Crippen LogP contribution in [-0.4, -0.2) is 27.9 Å². The van der Waals surface area contributed by atoms with Crippen molar-refractivity contribution in [2.45, 2.75) is 18.1 Å². The van der Waals surface area contributed by atoms with Gasteiger partial charge in [0, 0.05) is 17.4 Å². The van der Waals surface area contributed by atoms with E-state index in [0.717, 1.165) is 17.7 Å². The van der Waals surface area contributed by atoms with Gasteiger partial charge >= 0.3 is 0 Å². The Hall–Kier alpha value is -2.47. The van der Waals surface area contributed by atoms with Crippen molar-refractivity contribution in [3.05, 3.63) is 54.1 Å². The molecular weight excluding hydrogens is 324 g/mol. The molecule has 0 spiro atoms. The summed E-state index contributed by atoms with van der Waals surface area (Å²) in [5, 5.41) is 14.8. The van der Waals surface area contributed by atoms with Gasteiger partial charge < -0.3 is 15.7 Å². The van der Waals surface area contributed by atoms with Crippen molar-refractivity contribution in [1.29, 1.82) is 0 Å². The second kappa shape index (κ2) is 7.40. The van der Waals surface area contributed by atoms with E-state index in [4.69, 9.17) is 0 Å². The molecule has 1 unspecified atom stereocenters. The van der Waals surface area contributed by atoms with Gasteiger partial charge in [0.15, 0.2) is 0 Å². The highest BCUT2D eigenvalue weighted by atomic mass is 32.2. The van der Waals surface area contributed by atoms with Gasteiger partial charge in [-0.15, -0.1) is 11.8 Å². The summed E-state index contributed by atoms with van der Waals surface area (Å²) in [5.41, 5.74) is 2.52. The quantitative estimate of drug-likeness (QED) is 0.798. The SMILES string of the molecule is O=C(CSC1CCc2ccccc2NC1=O)Nc1cccc(O)c1. The number of nitrogens with one attached hydrogen (secondary N) is 2. The van der Waals surface area contributed by atoms with Crippen LogP contribution in [0.2, 0.25) is 0 Å². The first-order valence-electron chi connectivity index (χ1n) is 7.71. The second-order valence-corrected chi connectivity index (χ2v) is 6.77. The zero-order chi connectivity index (χ0) is 16.9. The van der Waals surface area contributed by atoms with Crippen LogP contribution in [0.5, 0.6) is 5.75 Å². The Balaban J connectivity index is 1.55. The van der Waals surface area contributed by atoms with Crippen molar-refractivity contribution < 1.29 is 14.7 Å². The van der Waals surface area contributed by atoms with E-state index in [0.29, 0.717) is 12.1 Å². The number of carbonyl (C=O) groups excluding carboxylic acids is 2. The Morgan fingerprint density at radius 2 is 2.08 bits per heavy atom. The van der Waals surface area contributed by atoms with E-state index < -0.39 is 0 Å². The van der Waals surface area contributed by atoms with Gasteiger partial charge in [-0.25, -0.2) is 0 Å². The first-order chi connectivity index (χ1) is 11.6. The van der Waals surface area contributed by atoms with Gasteiger partial charge in [0.2, 0.25) is 11.8 Å². The zero-order valence-electron chi connectivity index (χ0n) is 13.0. The molecule has 6 heteroatoms.